The Labute approximate surface area is 111 Å². The number of rotatable bonds is 6. The van der Waals surface area contributed by atoms with Crippen LogP contribution in [0.2, 0.25) is 0 Å². The zero-order valence-electron chi connectivity index (χ0n) is 11.0. The van der Waals surface area contributed by atoms with Gasteiger partial charge in [-0.2, -0.15) is 0 Å². The maximum absolute atomic E-state index is 12.5. The highest BCUT2D eigenvalue weighted by atomic mass is 19.3. The number of halogens is 2. The molecule has 0 aliphatic carbocycles. The molecule has 1 aromatic rings. The molecule has 0 saturated carbocycles. The van der Waals surface area contributed by atoms with Crippen LogP contribution in [0.25, 0.3) is 0 Å². The van der Waals surface area contributed by atoms with E-state index in [1.54, 1.807) is 13.2 Å². The van der Waals surface area contributed by atoms with E-state index in [-0.39, 0.29) is 11.6 Å². The number of ether oxygens (including phenoxy) is 1. The van der Waals surface area contributed by atoms with E-state index in [0.717, 1.165) is 0 Å². The van der Waals surface area contributed by atoms with Crippen molar-refractivity contribution in [1.29, 1.82) is 0 Å². The van der Waals surface area contributed by atoms with Crippen molar-refractivity contribution < 1.29 is 18.3 Å². The Balaban J connectivity index is 2.50. The molecule has 0 saturated heterocycles. The summed E-state index contributed by atoms with van der Waals surface area (Å²) < 4.78 is 29.9. The van der Waals surface area contributed by atoms with Crippen molar-refractivity contribution in [2.24, 2.45) is 0 Å². The quantitative estimate of drug-likeness (QED) is 0.835. The molecule has 1 aromatic carbocycles. The Bertz CT molecular complexity index is 413. The number of carbonyl (C=O) groups is 1. The third kappa shape index (κ3) is 5.65. The van der Waals surface area contributed by atoms with Crippen LogP contribution in [0.5, 0.6) is 0 Å². The predicted molar refractivity (Wildman–Crippen MR) is 69.5 cm³/mol. The third-order valence-corrected chi connectivity index (χ3v) is 2.53. The number of carbonyl (C=O) groups excluding carboxylic acids is 1. The second-order valence-corrected chi connectivity index (χ2v) is 4.21. The number of nitrogens with one attached hydrogen (secondary N) is 2. The van der Waals surface area contributed by atoms with Gasteiger partial charge in [0.2, 0.25) is 0 Å². The smallest absolute Gasteiger partial charge is 0.319 e. The van der Waals surface area contributed by atoms with Crippen LogP contribution in [0.3, 0.4) is 0 Å². The molecule has 0 radical (unpaired) electrons. The summed E-state index contributed by atoms with van der Waals surface area (Å²) in [5.74, 6) is 0. The van der Waals surface area contributed by atoms with Crippen molar-refractivity contribution in [3.8, 4) is 0 Å². The van der Waals surface area contributed by atoms with E-state index >= 15 is 0 Å². The summed E-state index contributed by atoms with van der Waals surface area (Å²) in [7, 11) is 1.59. The lowest BCUT2D eigenvalue weighted by Crippen LogP contribution is -2.36. The molecular formula is C13H18F2N2O2. The highest BCUT2D eigenvalue weighted by Crippen LogP contribution is 2.21. The largest absolute Gasteiger partial charge is 0.385 e. The van der Waals surface area contributed by atoms with Crippen LogP contribution in [0, 0.1) is 0 Å². The van der Waals surface area contributed by atoms with Crippen molar-refractivity contribution >= 4 is 11.7 Å². The zero-order chi connectivity index (χ0) is 14.3. The molecule has 0 aromatic heterocycles. The Morgan fingerprint density at radius 2 is 2.16 bits per heavy atom. The van der Waals surface area contributed by atoms with Gasteiger partial charge in [-0.05, 0) is 25.5 Å². The minimum atomic E-state index is -2.55. The first-order valence-electron chi connectivity index (χ1n) is 5.97. The summed E-state index contributed by atoms with van der Waals surface area (Å²) in [6.07, 6.45) is -1.87. The van der Waals surface area contributed by atoms with Gasteiger partial charge in [0.05, 0.1) is 0 Å². The first-order valence-corrected chi connectivity index (χ1v) is 5.97. The maximum atomic E-state index is 12.5. The molecule has 1 atom stereocenters. The lowest BCUT2D eigenvalue weighted by molar-refractivity contribution is 0.151. The van der Waals surface area contributed by atoms with Gasteiger partial charge in [0.1, 0.15) is 0 Å². The fourth-order valence-corrected chi connectivity index (χ4v) is 1.51. The number of urea groups is 1. The van der Waals surface area contributed by atoms with E-state index in [0.29, 0.717) is 18.7 Å². The molecule has 0 heterocycles. The molecule has 1 rings (SSSR count). The number of methoxy groups -OCH3 is 1. The molecule has 19 heavy (non-hydrogen) atoms. The molecular weight excluding hydrogens is 254 g/mol. The van der Waals surface area contributed by atoms with Gasteiger partial charge in [-0.1, -0.05) is 12.1 Å². The lowest BCUT2D eigenvalue weighted by Gasteiger charge is -2.14. The van der Waals surface area contributed by atoms with E-state index in [2.05, 4.69) is 10.6 Å². The van der Waals surface area contributed by atoms with E-state index in [4.69, 9.17) is 4.74 Å². The number of hydrogen-bond donors (Lipinski definition) is 2. The average Bonchev–Trinajstić information content (AvgIpc) is 2.36. The van der Waals surface area contributed by atoms with Crippen LogP contribution in [-0.4, -0.2) is 25.8 Å². The minimum Gasteiger partial charge on any atom is -0.385 e. The molecule has 0 aliphatic rings. The first-order chi connectivity index (χ1) is 9.02. The van der Waals surface area contributed by atoms with Crippen molar-refractivity contribution in [3.05, 3.63) is 29.8 Å². The fourth-order valence-electron chi connectivity index (χ4n) is 1.51. The molecule has 0 unspecified atom stereocenters. The van der Waals surface area contributed by atoms with E-state index in [1.807, 2.05) is 6.92 Å². The fraction of sp³-hybridized carbons (Fsp3) is 0.462. The summed E-state index contributed by atoms with van der Waals surface area (Å²) in [5, 5.41) is 5.21. The maximum Gasteiger partial charge on any atom is 0.319 e. The number of benzene rings is 1. The summed E-state index contributed by atoms with van der Waals surface area (Å²) in [6.45, 7) is 2.39. The average molecular weight is 272 g/mol. The van der Waals surface area contributed by atoms with Crippen LogP contribution in [0.4, 0.5) is 19.3 Å². The third-order valence-electron chi connectivity index (χ3n) is 2.53. The molecule has 2 N–H and O–H groups in total. The normalized spacial score (nSPS) is 12.3. The SMILES string of the molecule is COCC[C@@H](C)NC(=O)Nc1cccc(C(F)F)c1. The molecule has 0 fully saturated rings. The Morgan fingerprint density at radius 1 is 1.42 bits per heavy atom. The number of hydrogen-bond acceptors (Lipinski definition) is 2. The Kier molecular flexibility index (Phi) is 6.21. The lowest BCUT2D eigenvalue weighted by atomic mass is 10.2. The van der Waals surface area contributed by atoms with Gasteiger partial charge in [0.25, 0.3) is 6.43 Å². The van der Waals surface area contributed by atoms with Gasteiger partial charge in [-0.25, -0.2) is 13.6 Å². The standard InChI is InChI=1S/C13H18F2N2O2/c1-9(6-7-19-2)16-13(18)17-11-5-3-4-10(8-11)12(14)15/h3-5,8-9,12H,6-7H2,1-2H3,(H2,16,17,18)/t9-/m1/s1. The van der Waals surface area contributed by atoms with Crippen molar-refractivity contribution in [1.82, 2.24) is 5.32 Å². The molecule has 0 spiro atoms. The van der Waals surface area contributed by atoms with Crippen molar-refractivity contribution in [3.63, 3.8) is 0 Å². The monoisotopic (exact) mass is 272 g/mol. The predicted octanol–water partition coefficient (Wildman–Crippen LogP) is 3.17. The van der Waals surface area contributed by atoms with Gasteiger partial charge < -0.3 is 15.4 Å². The molecule has 4 nitrogen and oxygen atoms in total. The highest BCUT2D eigenvalue weighted by Gasteiger charge is 2.10. The van der Waals surface area contributed by atoms with Crippen LogP contribution >= 0.6 is 0 Å². The second-order valence-electron chi connectivity index (χ2n) is 4.21. The summed E-state index contributed by atoms with van der Waals surface area (Å²) in [4.78, 5) is 11.6. The molecule has 6 heteroatoms. The zero-order valence-corrected chi connectivity index (χ0v) is 11.0. The highest BCUT2D eigenvalue weighted by molar-refractivity contribution is 5.89. The molecule has 0 aliphatic heterocycles. The topological polar surface area (TPSA) is 50.4 Å². The second kappa shape index (κ2) is 7.68. The number of alkyl halides is 2. The van der Waals surface area contributed by atoms with Gasteiger partial charge in [-0.15, -0.1) is 0 Å². The van der Waals surface area contributed by atoms with Crippen molar-refractivity contribution in [2.45, 2.75) is 25.8 Å². The summed E-state index contributed by atoms with van der Waals surface area (Å²) >= 11 is 0. The first kappa shape index (κ1) is 15.4. The molecule has 0 bridgehead atoms. The van der Waals surface area contributed by atoms with Gasteiger partial charge in [0.15, 0.2) is 0 Å². The van der Waals surface area contributed by atoms with Crippen molar-refractivity contribution in [2.75, 3.05) is 19.0 Å². The van der Waals surface area contributed by atoms with Crippen LogP contribution in [-0.2, 0) is 4.74 Å². The van der Waals surface area contributed by atoms with Gasteiger partial charge in [-0.3, -0.25) is 0 Å². The Hall–Kier alpha value is -1.69. The number of anilines is 1. The van der Waals surface area contributed by atoms with Gasteiger partial charge in [0, 0.05) is 31.0 Å². The molecule has 106 valence electrons. The summed E-state index contributed by atoms with van der Waals surface area (Å²) in [6, 6.07) is 5.13. The van der Waals surface area contributed by atoms with Gasteiger partial charge >= 0.3 is 6.03 Å². The summed E-state index contributed by atoms with van der Waals surface area (Å²) in [5.41, 5.74) is 0.222. The van der Waals surface area contributed by atoms with Crippen LogP contribution < -0.4 is 10.6 Å². The Morgan fingerprint density at radius 3 is 2.79 bits per heavy atom. The molecule has 2 amide bonds. The van der Waals surface area contributed by atoms with E-state index in [1.165, 1.54) is 18.2 Å². The number of amides is 2. The van der Waals surface area contributed by atoms with Crippen LogP contribution in [0.15, 0.2) is 24.3 Å². The van der Waals surface area contributed by atoms with E-state index in [9.17, 15) is 13.6 Å². The minimum absolute atomic E-state index is 0.0572. The van der Waals surface area contributed by atoms with Crippen LogP contribution in [0.1, 0.15) is 25.3 Å². The van der Waals surface area contributed by atoms with E-state index < -0.39 is 12.5 Å².